The number of rotatable bonds is 2. The lowest BCUT2D eigenvalue weighted by atomic mass is 10.2. The molecule has 2 amide bonds. The Morgan fingerprint density at radius 2 is 2.05 bits per heavy atom. The van der Waals surface area contributed by atoms with Gasteiger partial charge in [-0.05, 0) is 41.4 Å². The van der Waals surface area contributed by atoms with Crippen molar-refractivity contribution in [3.8, 4) is 0 Å². The van der Waals surface area contributed by atoms with Gasteiger partial charge in [0, 0.05) is 32.2 Å². The Morgan fingerprint density at radius 3 is 2.50 bits per heavy atom. The summed E-state index contributed by atoms with van der Waals surface area (Å²) in [5.41, 5.74) is 1.91. The standard InChI is InChI=1S/C14H21BrN4O/c1-6-19(12-10(2)8-7-9-11(12)15)14(20)17-13(16-3)18(4)5/h7-9H,6H2,1-5H3,(H,16,17,20). The smallest absolute Gasteiger partial charge is 0.328 e. The zero-order valence-corrected chi connectivity index (χ0v) is 14.2. The normalized spacial score (nSPS) is 11.2. The van der Waals surface area contributed by atoms with E-state index >= 15 is 0 Å². The highest BCUT2D eigenvalue weighted by Gasteiger charge is 2.19. The molecule has 0 fully saturated rings. The molecule has 1 rings (SSSR count). The van der Waals surface area contributed by atoms with E-state index in [1.165, 1.54) is 0 Å². The Labute approximate surface area is 128 Å². The molecule has 0 saturated heterocycles. The van der Waals surface area contributed by atoms with E-state index in [1.807, 2.05) is 46.1 Å². The first-order chi connectivity index (χ1) is 9.42. The average molecular weight is 341 g/mol. The molecular formula is C14H21BrN4O. The van der Waals surface area contributed by atoms with E-state index in [-0.39, 0.29) is 6.03 Å². The summed E-state index contributed by atoms with van der Waals surface area (Å²) >= 11 is 3.51. The van der Waals surface area contributed by atoms with Gasteiger partial charge in [0.25, 0.3) is 0 Å². The largest absolute Gasteiger partial charge is 0.349 e. The van der Waals surface area contributed by atoms with E-state index in [4.69, 9.17) is 0 Å². The molecule has 0 aliphatic carbocycles. The maximum atomic E-state index is 12.4. The highest BCUT2D eigenvalue weighted by Crippen LogP contribution is 2.29. The predicted octanol–water partition coefficient (Wildman–Crippen LogP) is 2.84. The van der Waals surface area contributed by atoms with Gasteiger partial charge in [0.15, 0.2) is 0 Å². The molecule has 0 atom stereocenters. The van der Waals surface area contributed by atoms with Gasteiger partial charge in [-0.1, -0.05) is 12.1 Å². The maximum absolute atomic E-state index is 12.4. The highest BCUT2D eigenvalue weighted by molar-refractivity contribution is 9.10. The van der Waals surface area contributed by atoms with Crippen molar-refractivity contribution in [3.05, 3.63) is 28.2 Å². The van der Waals surface area contributed by atoms with Crippen molar-refractivity contribution in [3.63, 3.8) is 0 Å². The zero-order valence-electron chi connectivity index (χ0n) is 12.6. The Bertz CT molecular complexity index is 494. The average Bonchev–Trinajstić information content (AvgIpc) is 2.39. The molecule has 0 saturated carbocycles. The van der Waals surface area contributed by atoms with Crippen LogP contribution in [0.2, 0.25) is 0 Å². The zero-order chi connectivity index (χ0) is 15.3. The summed E-state index contributed by atoms with van der Waals surface area (Å²) in [6, 6.07) is 5.67. The molecule has 110 valence electrons. The van der Waals surface area contributed by atoms with E-state index in [9.17, 15) is 4.79 Å². The van der Waals surface area contributed by atoms with Crippen LogP contribution >= 0.6 is 15.9 Å². The first-order valence-electron chi connectivity index (χ1n) is 6.40. The fraction of sp³-hybridized carbons (Fsp3) is 0.429. The lowest BCUT2D eigenvalue weighted by Gasteiger charge is -2.26. The number of aryl methyl sites for hydroxylation is 1. The quantitative estimate of drug-likeness (QED) is 0.664. The molecule has 0 bridgehead atoms. The molecule has 1 aromatic carbocycles. The van der Waals surface area contributed by atoms with Gasteiger partial charge in [-0.3, -0.25) is 15.2 Å². The van der Waals surface area contributed by atoms with Gasteiger partial charge < -0.3 is 4.90 Å². The van der Waals surface area contributed by atoms with Crippen LogP contribution in [0.1, 0.15) is 12.5 Å². The van der Waals surface area contributed by atoms with Crippen LogP contribution in [0.15, 0.2) is 27.7 Å². The van der Waals surface area contributed by atoms with Crippen LogP contribution in [0.3, 0.4) is 0 Å². The van der Waals surface area contributed by atoms with Gasteiger partial charge in [-0.15, -0.1) is 0 Å². The van der Waals surface area contributed by atoms with Crippen LogP contribution in [-0.4, -0.2) is 44.6 Å². The monoisotopic (exact) mass is 340 g/mol. The van der Waals surface area contributed by atoms with Crippen LogP contribution in [0.5, 0.6) is 0 Å². The topological polar surface area (TPSA) is 47.9 Å². The Hall–Kier alpha value is -1.56. The Kier molecular flexibility index (Phi) is 6.01. The van der Waals surface area contributed by atoms with Gasteiger partial charge in [0.1, 0.15) is 0 Å². The van der Waals surface area contributed by atoms with Crippen LogP contribution in [0.4, 0.5) is 10.5 Å². The number of urea groups is 1. The number of aliphatic imine (C=N–C) groups is 1. The highest BCUT2D eigenvalue weighted by atomic mass is 79.9. The third kappa shape index (κ3) is 3.72. The molecule has 0 heterocycles. The minimum atomic E-state index is -0.197. The van der Waals surface area contributed by atoms with Gasteiger partial charge in [0.05, 0.1) is 5.69 Å². The number of para-hydroxylation sites is 1. The lowest BCUT2D eigenvalue weighted by Crippen LogP contribution is -2.47. The minimum absolute atomic E-state index is 0.197. The molecule has 0 aliphatic heterocycles. The summed E-state index contributed by atoms with van der Waals surface area (Å²) in [6.07, 6.45) is 0. The van der Waals surface area contributed by atoms with Crippen molar-refractivity contribution in [1.82, 2.24) is 10.2 Å². The molecule has 0 aromatic heterocycles. The number of nitrogens with one attached hydrogen (secondary N) is 1. The maximum Gasteiger partial charge on any atom is 0.328 e. The number of amides is 2. The SMILES string of the molecule is CCN(C(=O)NC(=NC)N(C)C)c1c(C)cccc1Br. The summed E-state index contributed by atoms with van der Waals surface area (Å²) in [4.78, 5) is 19.9. The summed E-state index contributed by atoms with van der Waals surface area (Å²) in [6.45, 7) is 4.49. The second-order valence-corrected chi connectivity index (χ2v) is 5.38. The number of halogens is 1. The van der Waals surface area contributed by atoms with Crippen LogP contribution in [0.25, 0.3) is 0 Å². The second kappa shape index (κ2) is 7.28. The van der Waals surface area contributed by atoms with Crippen LogP contribution in [-0.2, 0) is 0 Å². The number of carbonyl (C=O) groups is 1. The first-order valence-corrected chi connectivity index (χ1v) is 7.19. The van der Waals surface area contributed by atoms with E-state index < -0.39 is 0 Å². The van der Waals surface area contributed by atoms with Crippen molar-refractivity contribution < 1.29 is 4.79 Å². The van der Waals surface area contributed by atoms with Gasteiger partial charge in [0.2, 0.25) is 5.96 Å². The van der Waals surface area contributed by atoms with Crippen molar-refractivity contribution in [2.75, 3.05) is 32.6 Å². The van der Waals surface area contributed by atoms with Crippen molar-refractivity contribution in [2.45, 2.75) is 13.8 Å². The van der Waals surface area contributed by atoms with E-state index in [0.29, 0.717) is 12.5 Å². The third-order valence-corrected chi connectivity index (χ3v) is 3.51. The summed E-state index contributed by atoms with van der Waals surface area (Å²) in [7, 11) is 5.32. The second-order valence-electron chi connectivity index (χ2n) is 4.52. The molecule has 1 aromatic rings. The van der Waals surface area contributed by atoms with Crippen molar-refractivity contribution in [1.29, 1.82) is 0 Å². The van der Waals surface area contributed by atoms with Crippen LogP contribution < -0.4 is 10.2 Å². The number of hydrogen-bond acceptors (Lipinski definition) is 2. The fourth-order valence-electron chi connectivity index (χ4n) is 1.90. The van der Waals surface area contributed by atoms with Gasteiger partial charge >= 0.3 is 6.03 Å². The molecule has 1 N–H and O–H groups in total. The van der Waals surface area contributed by atoms with E-state index in [1.54, 1.807) is 16.8 Å². The molecule has 0 spiro atoms. The van der Waals surface area contributed by atoms with Crippen molar-refractivity contribution in [2.24, 2.45) is 4.99 Å². The molecule has 20 heavy (non-hydrogen) atoms. The number of hydrogen-bond donors (Lipinski definition) is 1. The Balaban J connectivity index is 3.05. The molecule has 0 aliphatic rings. The number of benzene rings is 1. The lowest BCUT2D eigenvalue weighted by molar-refractivity contribution is 0.250. The minimum Gasteiger partial charge on any atom is -0.349 e. The van der Waals surface area contributed by atoms with Crippen LogP contribution in [0, 0.1) is 6.92 Å². The van der Waals surface area contributed by atoms with Gasteiger partial charge in [-0.2, -0.15) is 0 Å². The number of guanidine groups is 1. The predicted molar refractivity (Wildman–Crippen MR) is 87.5 cm³/mol. The summed E-state index contributed by atoms with van der Waals surface area (Å²) in [5.74, 6) is 0.526. The van der Waals surface area contributed by atoms with Crippen molar-refractivity contribution >= 4 is 33.6 Å². The summed E-state index contributed by atoms with van der Waals surface area (Å²) in [5, 5.41) is 2.81. The van der Waals surface area contributed by atoms with E-state index in [2.05, 4.69) is 26.2 Å². The molecule has 5 nitrogen and oxygen atoms in total. The van der Waals surface area contributed by atoms with E-state index in [0.717, 1.165) is 15.7 Å². The third-order valence-electron chi connectivity index (χ3n) is 2.87. The molecule has 0 unspecified atom stereocenters. The Morgan fingerprint density at radius 1 is 1.40 bits per heavy atom. The molecule has 0 radical (unpaired) electrons. The number of carbonyl (C=O) groups excluding carboxylic acids is 1. The summed E-state index contributed by atoms with van der Waals surface area (Å²) < 4.78 is 0.898. The number of nitrogens with zero attached hydrogens (tertiary/aromatic N) is 3. The first kappa shape index (κ1) is 16.5. The molecular weight excluding hydrogens is 320 g/mol. The fourth-order valence-corrected chi connectivity index (χ4v) is 2.58. The van der Waals surface area contributed by atoms with Gasteiger partial charge in [-0.25, -0.2) is 4.79 Å². The number of anilines is 1. The molecule has 6 heteroatoms.